The number of rotatable bonds is 7. The minimum absolute atomic E-state index is 0.147. The Morgan fingerprint density at radius 1 is 1.07 bits per heavy atom. The van der Waals surface area contributed by atoms with Crippen LogP contribution in [0, 0.1) is 0 Å². The van der Waals surface area contributed by atoms with E-state index >= 15 is 0 Å². The average Bonchev–Trinajstić information content (AvgIpc) is 2.66. The lowest BCUT2D eigenvalue weighted by molar-refractivity contribution is -0.160. The van der Waals surface area contributed by atoms with Gasteiger partial charge in [0.25, 0.3) is 5.91 Å². The monoisotopic (exact) mass is 380 g/mol. The van der Waals surface area contributed by atoms with E-state index in [0.717, 1.165) is 12.0 Å². The first kappa shape index (κ1) is 20.6. The van der Waals surface area contributed by atoms with Crippen molar-refractivity contribution in [1.82, 2.24) is 9.80 Å². The van der Waals surface area contributed by atoms with E-state index in [9.17, 15) is 9.90 Å². The Morgan fingerprint density at radius 3 is 2.39 bits per heavy atom. The van der Waals surface area contributed by atoms with Crippen molar-refractivity contribution in [2.45, 2.75) is 51.3 Å². The molecule has 4 nitrogen and oxygen atoms in total. The third kappa shape index (κ3) is 5.00. The van der Waals surface area contributed by atoms with Crippen LogP contribution in [0.5, 0.6) is 0 Å². The molecule has 1 atom stereocenters. The van der Waals surface area contributed by atoms with E-state index in [1.54, 1.807) is 0 Å². The summed E-state index contributed by atoms with van der Waals surface area (Å²) in [6, 6.07) is 18.6. The third-order valence-corrected chi connectivity index (χ3v) is 5.55. The topological polar surface area (TPSA) is 43.8 Å². The van der Waals surface area contributed by atoms with Crippen LogP contribution in [-0.4, -0.2) is 46.6 Å². The van der Waals surface area contributed by atoms with Gasteiger partial charge in [-0.25, -0.2) is 0 Å². The van der Waals surface area contributed by atoms with Crippen LogP contribution in [0.1, 0.15) is 49.3 Å². The molecule has 4 heteroatoms. The molecule has 0 saturated carbocycles. The lowest BCUT2D eigenvalue weighted by atomic mass is 9.90. The van der Waals surface area contributed by atoms with Gasteiger partial charge in [0.1, 0.15) is 0 Å². The zero-order chi connectivity index (χ0) is 20.1. The smallest absolute Gasteiger partial charge is 0.256 e. The van der Waals surface area contributed by atoms with Crippen LogP contribution in [0.15, 0.2) is 54.6 Å². The number of carbonyl (C=O) groups is 1. The molecule has 28 heavy (non-hydrogen) atoms. The number of carbonyl (C=O) groups excluding carboxylic acids is 1. The molecule has 1 amide bonds. The van der Waals surface area contributed by atoms with Crippen LogP contribution >= 0.6 is 0 Å². The van der Waals surface area contributed by atoms with Gasteiger partial charge in [0.2, 0.25) is 0 Å². The molecule has 2 aromatic carbocycles. The molecule has 0 bridgehead atoms. The molecule has 150 valence electrons. The number of likely N-dealkylation sites (tertiary alicyclic amines) is 1. The van der Waals surface area contributed by atoms with Gasteiger partial charge >= 0.3 is 0 Å². The van der Waals surface area contributed by atoms with Gasteiger partial charge in [-0.1, -0.05) is 68.4 Å². The van der Waals surface area contributed by atoms with Crippen molar-refractivity contribution in [2.75, 3.05) is 20.1 Å². The Bertz CT molecular complexity index is 773. The maximum atomic E-state index is 13.1. The molecule has 1 aliphatic rings. The van der Waals surface area contributed by atoms with Gasteiger partial charge in [-0.2, -0.15) is 0 Å². The molecule has 2 aromatic rings. The fraction of sp³-hybridized carbons (Fsp3) is 0.458. The Labute approximate surface area is 168 Å². The Morgan fingerprint density at radius 2 is 1.75 bits per heavy atom. The maximum Gasteiger partial charge on any atom is 0.256 e. The van der Waals surface area contributed by atoms with Crippen molar-refractivity contribution in [1.29, 1.82) is 0 Å². The first-order chi connectivity index (χ1) is 13.4. The second-order valence-corrected chi connectivity index (χ2v) is 8.42. The van der Waals surface area contributed by atoms with Crippen LogP contribution < -0.4 is 0 Å². The van der Waals surface area contributed by atoms with Crippen LogP contribution in [-0.2, 0) is 17.9 Å². The third-order valence-electron chi connectivity index (χ3n) is 5.55. The number of amides is 1. The van der Waals surface area contributed by atoms with Gasteiger partial charge in [0, 0.05) is 26.2 Å². The van der Waals surface area contributed by atoms with E-state index in [2.05, 4.69) is 50.2 Å². The van der Waals surface area contributed by atoms with Crippen molar-refractivity contribution in [3.8, 4) is 0 Å². The molecule has 0 spiro atoms. The first-order valence-corrected chi connectivity index (χ1v) is 10.2. The molecule has 3 rings (SSSR count). The lowest BCUT2D eigenvalue weighted by Crippen LogP contribution is -2.57. The lowest BCUT2D eigenvalue weighted by Gasteiger charge is -2.40. The second kappa shape index (κ2) is 8.89. The first-order valence-electron chi connectivity index (χ1n) is 10.2. The van der Waals surface area contributed by atoms with E-state index in [0.29, 0.717) is 38.5 Å². The SMILES string of the molecule is CC(C)c1ccc(CN2CCC[C@](O)(CN(C)Cc3ccccc3)C2=O)cc1. The highest BCUT2D eigenvalue weighted by atomic mass is 16.3. The Balaban J connectivity index is 1.63. The summed E-state index contributed by atoms with van der Waals surface area (Å²) in [7, 11) is 1.96. The average molecular weight is 381 g/mol. The number of hydrogen-bond acceptors (Lipinski definition) is 3. The number of nitrogens with zero attached hydrogens (tertiary/aromatic N) is 2. The summed E-state index contributed by atoms with van der Waals surface area (Å²) >= 11 is 0. The second-order valence-electron chi connectivity index (χ2n) is 8.42. The largest absolute Gasteiger partial charge is 0.379 e. The summed E-state index contributed by atoms with van der Waals surface area (Å²) in [5, 5.41) is 11.1. The fourth-order valence-corrected chi connectivity index (χ4v) is 3.99. The number of likely N-dealkylation sites (N-methyl/N-ethyl adjacent to an activating group) is 1. The van der Waals surface area contributed by atoms with E-state index in [1.165, 1.54) is 11.1 Å². The summed E-state index contributed by atoms with van der Waals surface area (Å²) in [4.78, 5) is 16.9. The van der Waals surface area contributed by atoms with Gasteiger partial charge in [0.15, 0.2) is 5.60 Å². The molecule has 0 aromatic heterocycles. The molecule has 1 aliphatic heterocycles. The van der Waals surface area contributed by atoms with Crippen molar-refractivity contribution in [3.05, 3.63) is 71.3 Å². The number of piperidine rings is 1. The fourth-order valence-electron chi connectivity index (χ4n) is 3.99. The van der Waals surface area contributed by atoms with E-state index < -0.39 is 5.60 Å². The van der Waals surface area contributed by atoms with Gasteiger partial charge in [0.05, 0.1) is 0 Å². The summed E-state index contributed by atoms with van der Waals surface area (Å²) in [5.41, 5.74) is 2.28. The molecular formula is C24H32N2O2. The Kier molecular flexibility index (Phi) is 6.53. The zero-order valence-electron chi connectivity index (χ0n) is 17.3. The normalized spacial score (nSPS) is 20.2. The van der Waals surface area contributed by atoms with Crippen LogP contribution in [0.25, 0.3) is 0 Å². The van der Waals surface area contributed by atoms with Crippen molar-refractivity contribution >= 4 is 5.91 Å². The highest BCUT2D eigenvalue weighted by Crippen LogP contribution is 2.26. The van der Waals surface area contributed by atoms with Gasteiger partial charge < -0.3 is 10.0 Å². The minimum atomic E-state index is -1.31. The molecular weight excluding hydrogens is 348 g/mol. The van der Waals surface area contributed by atoms with Crippen molar-refractivity contribution in [3.63, 3.8) is 0 Å². The zero-order valence-corrected chi connectivity index (χ0v) is 17.3. The molecule has 1 saturated heterocycles. The van der Waals surface area contributed by atoms with Crippen molar-refractivity contribution in [2.24, 2.45) is 0 Å². The highest BCUT2D eigenvalue weighted by Gasteiger charge is 2.42. The molecule has 1 heterocycles. The van der Waals surface area contributed by atoms with Crippen LogP contribution in [0.3, 0.4) is 0 Å². The van der Waals surface area contributed by atoms with Gasteiger partial charge in [-0.3, -0.25) is 9.69 Å². The number of benzene rings is 2. The highest BCUT2D eigenvalue weighted by molar-refractivity contribution is 5.86. The van der Waals surface area contributed by atoms with E-state index in [-0.39, 0.29) is 5.91 Å². The summed E-state index contributed by atoms with van der Waals surface area (Å²) in [5.74, 6) is 0.350. The van der Waals surface area contributed by atoms with Crippen LogP contribution in [0.4, 0.5) is 0 Å². The summed E-state index contributed by atoms with van der Waals surface area (Å²) in [6.45, 7) is 6.68. The predicted molar refractivity (Wildman–Crippen MR) is 113 cm³/mol. The Hall–Kier alpha value is -2.17. The van der Waals surface area contributed by atoms with Gasteiger partial charge in [-0.15, -0.1) is 0 Å². The summed E-state index contributed by atoms with van der Waals surface area (Å²) in [6.07, 6.45) is 1.35. The number of aliphatic hydroxyl groups is 1. The molecule has 1 N–H and O–H groups in total. The minimum Gasteiger partial charge on any atom is -0.379 e. The molecule has 0 unspecified atom stereocenters. The molecule has 1 fully saturated rings. The quantitative estimate of drug-likeness (QED) is 0.795. The maximum absolute atomic E-state index is 13.1. The summed E-state index contributed by atoms with van der Waals surface area (Å²) < 4.78 is 0. The number of hydrogen-bond donors (Lipinski definition) is 1. The van der Waals surface area contributed by atoms with Crippen LogP contribution in [0.2, 0.25) is 0 Å². The van der Waals surface area contributed by atoms with E-state index in [4.69, 9.17) is 0 Å². The van der Waals surface area contributed by atoms with Crippen molar-refractivity contribution < 1.29 is 9.90 Å². The standard InChI is InChI=1S/C24H32N2O2/c1-19(2)22-12-10-21(11-13-22)17-26-15-7-14-24(28,23(26)27)18-25(3)16-20-8-5-4-6-9-20/h4-6,8-13,19,28H,7,14-18H2,1-3H3/t24-/m0/s1. The predicted octanol–water partition coefficient (Wildman–Crippen LogP) is 3.80. The van der Waals surface area contributed by atoms with Gasteiger partial charge in [-0.05, 0) is 42.5 Å². The molecule has 0 radical (unpaired) electrons. The van der Waals surface area contributed by atoms with E-state index in [1.807, 2.05) is 35.0 Å². The molecule has 0 aliphatic carbocycles.